The number of carbonyl (C=O) groups excluding carboxylic acids is 1. The van der Waals surface area contributed by atoms with E-state index in [1.54, 1.807) is 0 Å². The Kier molecular flexibility index (Phi) is 2.17. The number of hydrogen-bond acceptors (Lipinski definition) is 1. The average Bonchev–Trinajstić information content (AvgIpc) is 2.36. The van der Waals surface area contributed by atoms with Crippen molar-refractivity contribution in [3.63, 3.8) is 0 Å². The van der Waals surface area contributed by atoms with Gasteiger partial charge >= 0.3 is 0 Å². The Balaban J connectivity index is 2.62. The largest absolute Gasteiger partial charge is 0.300 e. The van der Waals surface area contributed by atoms with Gasteiger partial charge in [-0.15, -0.1) is 6.58 Å². The Morgan fingerprint density at radius 2 is 2.27 bits per heavy atom. The van der Waals surface area contributed by atoms with Gasteiger partial charge in [0.25, 0.3) is 0 Å². The highest BCUT2D eigenvalue weighted by molar-refractivity contribution is 5.80. The fourth-order valence-electron chi connectivity index (χ4n) is 1.62. The van der Waals surface area contributed by atoms with Crippen LogP contribution in [0, 0.1) is 11.3 Å². The van der Waals surface area contributed by atoms with E-state index in [1.165, 1.54) is 0 Å². The lowest BCUT2D eigenvalue weighted by Gasteiger charge is -2.26. The molecule has 1 rings (SSSR count). The molecule has 0 saturated heterocycles. The highest BCUT2D eigenvalue weighted by Crippen LogP contribution is 2.38. The van der Waals surface area contributed by atoms with Crippen LogP contribution in [0.25, 0.3) is 0 Å². The van der Waals surface area contributed by atoms with Gasteiger partial charge in [0, 0.05) is 12.8 Å². The lowest BCUT2D eigenvalue weighted by atomic mass is 9.78. The molecule has 0 aliphatic heterocycles. The molecular formula is C10H16O. The van der Waals surface area contributed by atoms with E-state index >= 15 is 0 Å². The van der Waals surface area contributed by atoms with E-state index in [0.717, 1.165) is 19.3 Å². The third kappa shape index (κ3) is 1.70. The maximum absolute atomic E-state index is 11.0. The third-order valence-corrected chi connectivity index (χ3v) is 2.82. The Bertz CT molecular complexity index is 179. The summed E-state index contributed by atoms with van der Waals surface area (Å²) in [5.74, 6) is 0.956. The van der Waals surface area contributed by atoms with Crippen LogP contribution in [0.5, 0.6) is 0 Å². The maximum Gasteiger partial charge on any atom is 0.133 e. The van der Waals surface area contributed by atoms with E-state index in [-0.39, 0.29) is 5.41 Å². The van der Waals surface area contributed by atoms with Crippen molar-refractivity contribution >= 4 is 5.78 Å². The van der Waals surface area contributed by atoms with Crippen molar-refractivity contribution in [3.05, 3.63) is 12.7 Å². The van der Waals surface area contributed by atoms with Crippen LogP contribution >= 0.6 is 0 Å². The molecule has 1 atom stereocenters. The van der Waals surface area contributed by atoms with Gasteiger partial charge in [0.05, 0.1) is 0 Å². The van der Waals surface area contributed by atoms with E-state index in [4.69, 9.17) is 0 Å². The molecule has 1 aliphatic rings. The number of allylic oxidation sites excluding steroid dienone is 1. The molecule has 0 aromatic rings. The van der Waals surface area contributed by atoms with Gasteiger partial charge in [0.15, 0.2) is 0 Å². The van der Waals surface area contributed by atoms with E-state index in [1.807, 2.05) is 6.08 Å². The summed E-state index contributed by atoms with van der Waals surface area (Å²) in [6.07, 6.45) is 4.56. The van der Waals surface area contributed by atoms with Crippen LogP contribution in [-0.4, -0.2) is 5.78 Å². The molecule has 0 N–H and O–H groups in total. The second kappa shape index (κ2) is 2.80. The lowest BCUT2D eigenvalue weighted by Crippen LogP contribution is -2.18. The average molecular weight is 152 g/mol. The smallest absolute Gasteiger partial charge is 0.133 e. The Morgan fingerprint density at radius 3 is 2.64 bits per heavy atom. The van der Waals surface area contributed by atoms with Crippen LogP contribution < -0.4 is 0 Å². The molecule has 0 heterocycles. The SMILES string of the molecule is C=CC(C)(C)[C@H]1CCC(=O)C1. The van der Waals surface area contributed by atoms with Crippen molar-refractivity contribution in [2.45, 2.75) is 33.1 Å². The van der Waals surface area contributed by atoms with Gasteiger partial charge < -0.3 is 0 Å². The summed E-state index contributed by atoms with van der Waals surface area (Å²) < 4.78 is 0. The number of ketones is 1. The highest BCUT2D eigenvalue weighted by Gasteiger charge is 2.32. The molecule has 62 valence electrons. The van der Waals surface area contributed by atoms with Gasteiger partial charge in [0.2, 0.25) is 0 Å². The number of Topliss-reactive ketones (excluding diaryl/α,β-unsaturated/α-hetero) is 1. The number of rotatable bonds is 2. The van der Waals surface area contributed by atoms with Gasteiger partial charge in [-0.2, -0.15) is 0 Å². The van der Waals surface area contributed by atoms with Gasteiger partial charge in [0.1, 0.15) is 5.78 Å². The summed E-state index contributed by atoms with van der Waals surface area (Å²) in [7, 11) is 0. The summed E-state index contributed by atoms with van der Waals surface area (Å²) in [4.78, 5) is 11.0. The summed E-state index contributed by atoms with van der Waals surface area (Å²) >= 11 is 0. The molecule has 0 bridgehead atoms. The molecule has 0 aromatic heterocycles. The first kappa shape index (κ1) is 8.51. The molecule has 1 nitrogen and oxygen atoms in total. The van der Waals surface area contributed by atoms with E-state index in [9.17, 15) is 4.79 Å². The molecular weight excluding hydrogens is 136 g/mol. The van der Waals surface area contributed by atoms with Crippen LogP contribution in [0.3, 0.4) is 0 Å². The van der Waals surface area contributed by atoms with Crippen molar-refractivity contribution in [2.75, 3.05) is 0 Å². The molecule has 1 saturated carbocycles. The molecule has 0 unspecified atom stereocenters. The molecule has 1 fully saturated rings. The number of hydrogen-bond donors (Lipinski definition) is 0. The van der Waals surface area contributed by atoms with E-state index in [0.29, 0.717) is 11.7 Å². The maximum atomic E-state index is 11.0. The summed E-state index contributed by atoms with van der Waals surface area (Å²) in [6.45, 7) is 8.10. The molecule has 1 heteroatoms. The lowest BCUT2D eigenvalue weighted by molar-refractivity contribution is -0.117. The second-order valence-electron chi connectivity index (χ2n) is 4.00. The zero-order chi connectivity index (χ0) is 8.48. The van der Waals surface area contributed by atoms with Crippen LogP contribution in [0.15, 0.2) is 12.7 Å². The van der Waals surface area contributed by atoms with Crippen LogP contribution in [0.2, 0.25) is 0 Å². The fraction of sp³-hybridized carbons (Fsp3) is 0.700. The minimum atomic E-state index is 0.145. The third-order valence-electron chi connectivity index (χ3n) is 2.82. The van der Waals surface area contributed by atoms with Crippen molar-refractivity contribution in [3.8, 4) is 0 Å². The minimum absolute atomic E-state index is 0.145. The van der Waals surface area contributed by atoms with E-state index in [2.05, 4.69) is 20.4 Å². The predicted molar refractivity (Wildman–Crippen MR) is 46.3 cm³/mol. The van der Waals surface area contributed by atoms with Crippen LogP contribution in [0.1, 0.15) is 33.1 Å². The zero-order valence-corrected chi connectivity index (χ0v) is 7.39. The quantitative estimate of drug-likeness (QED) is 0.556. The second-order valence-corrected chi connectivity index (χ2v) is 4.00. The normalized spacial score (nSPS) is 25.6. The summed E-state index contributed by atoms with van der Waals surface area (Å²) in [5.41, 5.74) is 0.145. The predicted octanol–water partition coefficient (Wildman–Crippen LogP) is 2.57. The molecule has 0 aromatic carbocycles. The van der Waals surface area contributed by atoms with Crippen molar-refractivity contribution in [1.29, 1.82) is 0 Å². The van der Waals surface area contributed by atoms with Crippen molar-refractivity contribution < 1.29 is 4.79 Å². The first-order valence-electron chi connectivity index (χ1n) is 4.21. The molecule has 11 heavy (non-hydrogen) atoms. The van der Waals surface area contributed by atoms with Gasteiger partial charge in [-0.05, 0) is 17.8 Å². The molecule has 0 spiro atoms. The minimum Gasteiger partial charge on any atom is -0.300 e. The summed E-state index contributed by atoms with van der Waals surface area (Å²) in [6, 6.07) is 0. The van der Waals surface area contributed by atoms with Crippen molar-refractivity contribution in [1.82, 2.24) is 0 Å². The fourth-order valence-corrected chi connectivity index (χ4v) is 1.62. The van der Waals surface area contributed by atoms with E-state index < -0.39 is 0 Å². The Labute approximate surface area is 68.5 Å². The Hall–Kier alpha value is -0.590. The van der Waals surface area contributed by atoms with Crippen molar-refractivity contribution in [2.24, 2.45) is 11.3 Å². The summed E-state index contributed by atoms with van der Waals surface area (Å²) in [5, 5.41) is 0. The molecule has 0 amide bonds. The topological polar surface area (TPSA) is 17.1 Å². The van der Waals surface area contributed by atoms with Crippen LogP contribution in [-0.2, 0) is 4.79 Å². The first-order valence-corrected chi connectivity index (χ1v) is 4.21. The Morgan fingerprint density at radius 1 is 1.64 bits per heavy atom. The van der Waals surface area contributed by atoms with Gasteiger partial charge in [-0.1, -0.05) is 19.9 Å². The van der Waals surface area contributed by atoms with Gasteiger partial charge in [-0.3, -0.25) is 4.79 Å². The molecule has 1 aliphatic carbocycles. The zero-order valence-electron chi connectivity index (χ0n) is 7.39. The van der Waals surface area contributed by atoms with Crippen LogP contribution in [0.4, 0.5) is 0 Å². The standard InChI is InChI=1S/C10H16O/c1-4-10(2,3)8-5-6-9(11)7-8/h4,8H,1,5-7H2,2-3H3/t8-/m0/s1. The highest BCUT2D eigenvalue weighted by atomic mass is 16.1. The molecule has 0 radical (unpaired) electrons. The monoisotopic (exact) mass is 152 g/mol. The number of carbonyl (C=O) groups is 1. The first-order chi connectivity index (χ1) is 5.06. The van der Waals surface area contributed by atoms with Gasteiger partial charge in [-0.25, -0.2) is 0 Å².